The first-order valence-corrected chi connectivity index (χ1v) is 5.98. The average Bonchev–Trinajstić information content (AvgIpc) is 2.73. The van der Waals surface area contributed by atoms with Crippen LogP contribution < -0.4 is 5.73 Å². The topological polar surface area (TPSA) is 43.1 Å². The Balaban J connectivity index is 2.20. The highest BCUT2D eigenvalue weighted by molar-refractivity contribution is 7.12. The van der Waals surface area contributed by atoms with Gasteiger partial charge in [0.1, 0.15) is 0 Å². The van der Waals surface area contributed by atoms with Gasteiger partial charge in [0.05, 0.1) is 9.90 Å². The van der Waals surface area contributed by atoms with Crippen molar-refractivity contribution in [2.45, 2.75) is 25.3 Å². The highest BCUT2D eigenvalue weighted by Gasteiger charge is 2.32. The van der Waals surface area contributed by atoms with E-state index in [2.05, 4.69) is 0 Å². The summed E-state index contributed by atoms with van der Waals surface area (Å²) in [5.41, 5.74) is 5.88. The van der Waals surface area contributed by atoms with E-state index in [1.807, 2.05) is 5.38 Å². The summed E-state index contributed by atoms with van der Waals surface area (Å²) in [7, 11) is 0. The van der Waals surface area contributed by atoms with Crippen LogP contribution >= 0.6 is 22.9 Å². The summed E-state index contributed by atoms with van der Waals surface area (Å²) in [5, 5.41) is 2.41. The van der Waals surface area contributed by atoms with E-state index in [9.17, 15) is 4.79 Å². The van der Waals surface area contributed by atoms with Gasteiger partial charge in [-0.15, -0.1) is 11.3 Å². The largest absolute Gasteiger partial charge is 0.327 e. The molecule has 1 aromatic heterocycles. The molecule has 4 heteroatoms. The highest BCUT2D eigenvalue weighted by Crippen LogP contribution is 2.32. The minimum absolute atomic E-state index is 0.00819. The molecule has 1 aliphatic carbocycles. The van der Waals surface area contributed by atoms with Crippen LogP contribution in [-0.2, 0) is 0 Å². The van der Waals surface area contributed by atoms with Crippen LogP contribution in [0, 0.1) is 5.92 Å². The monoisotopic (exact) mass is 229 g/mol. The number of Topliss-reactive ketones (excluding diaryl/α,β-unsaturated/α-hetero) is 1. The minimum Gasteiger partial charge on any atom is -0.327 e. The van der Waals surface area contributed by atoms with Crippen LogP contribution in [0.3, 0.4) is 0 Å². The Bertz CT molecular complexity index is 350. The second-order valence-corrected chi connectivity index (χ2v) is 4.99. The fraction of sp³-hybridized carbons (Fsp3) is 0.500. The maximum atomic E-state index is 12.0. The zero-order valence-corrected chi connectivity index (χ0v) is 9.27. The number of thiophene rings is 1. The molecule has 0 aromatic carbocycles. The zero-order valence-electron chi connectivity index (χ0n) is 7.70. The van der Waals surface area contributed by atoms with Gasteiger partial charge in [0, 0.05) is 12.0 Å². The molecule has 0 amide bonds. The van der Waals surface area contributed by atoms with Crippen molar-refractivity contribution in [1.29, 1.82) is 0 Å². The van der Waals surface area contributed by atoms with E-state index in [4.69, 9.17) is 17.3 Å². The Hall–Kier alpha value is -0.380. The lowest BCUT2D eigenvalue weighted by Gasteiger charge is -2.12. The van der Waals surface area contributed by atoms with Crippen molar-refractivity contribution in [3.8, 4) is 0 Å². The third kappa shape index (κ3) is 1.72. The van der Waals surface area contributed by atoms with Gasteiger partial charge in [-0.05, 0) is 24.3 Å². The van der Waals surface area contributed by atoms with Crippen LogP contribution in [0.25, 0.3) is 0 Å². The Morgan fingerprint density at radius 3 is 2.86 bits per heavy atom. The molecule has 1 aromatic rings. The standard InChI is InChI=1S/C10H12ClNOS/c11-7-4-5-14-10(7)9(13)6-2-1-3-8(6)12/h4-6,8H,1-3,12H2. The van der Waals surface area contributed by atoms with Gasteiger partial charge in [-0.25, -0.2) is 0 Å². The quantitative estimate of drug-likeness (QED) is 0.793. The van der Waals surface area contributed by atoms with Crippen LogP contribution in [0.5, 0.6) is 0 Å². The first-order valence-electron chi connectivity index (χ1n) is 4.73. The molecular formula is C10H12ClNOS. The molecule has 1 saturated carbocycles. The van der Waals surface area contributed by atoms with Crippen LogP contribution in [-0.4, -0.2) is 11.8 Å². The van der Waals surface area contributed by atoms with Gasteiger partial charge in [0.15, 0.2) is 5.78 Å². The van der Waals surface area contributed by atoms with Crippen LogP contribution in [0.2, 0.25) is 5.02 Å². The molecule has 0 bridgehead atoms. The summed E-state index contributed by atoms with van der Waals surface area (Å²) in [4.78, 5) is 12.7. The number of nitrogens with two attached hydrogens (primary N) is 1. The molecule has 0 saturated heterocycles. The minimum atomic E-state index is -0.00819. The third-order valence-electron chi connectivity index (χ3n) is 2.75. The van der Waals surface area contributed by atoms with Crippen LogP contribution in [0.15, 0.2) is 11.4 Å². The molecule has 2 nitrogen and oxygen atoms in total. The maximum absolute atomic E-state index is 12.0. The van der Waals surface area contributed by atoms with Crippen molar-refractivity contribution >= 4 is 28.7 Å². The lowest BCUT2D eigenvalue weighted by Crippen LogP contribution is -2.30. The summed E-state index contributed by atoms with van der Waals surface area (Å²) in [5.74, 6) is 0.126. The molecule has 2 unspecified atom stereocenters. The van der Waals surface area contributed by atoms with E-state index >= 15 is 0 Å². The van der Waals surface area contributed by atoms with E-state index in [0.29, 0.717) is 9.90 Å². The molecule has 76 valence electrons. The summed E-state index contributed by atoms with van der Waals surface area (Å²) in [6.07, 6.45) is 2.92. The van der Waals surface area contributed by atoms with Crippen molar-refractivity contribution in [2.24, 2.45) is 11.7 Å². The molecule has 1 fully saturated rings. The Morgan fingerprint density at radius 1 is 1.57 bits per heavy atom. The zero-order chi connectivity index (χ0) is 10.1. The van der Waals surface area contributed by atoms with Crippen LogP contribution in [0.1, 0.15) is 28.9 Å². The van der Waals surface area contributed by atoms with Crippen molar-refractivity contribution in [3.63, 3.8) is 0 Å². The van der Waals surface area contributed by atoms with E-state index in [0.717, 1.165) is 19.3 Å². The number of rotatable bonds is 2. The summed E-state index contributed by atoms with van der Waals surface area (Å²) < 4.78 is 0. The maximum Gasteiger partial charge on any atom is 0.178 e. The summed E-state index contributed by atoms with van der Waals surface area (Å²) in [6, 6.07) is 1.79. The van der Waals surface area contributed by atoms with Crippen molar-refractivity contribution in [2.75, 3.05) is 0 Å². The second kappa shape index (κ2) is 4.01. The SMILES string of the molecule is NC1CCCC1C(=O)c1sccc1Cl. The van der Waals surface area contributed by atoms with Gasteiger partial charge >= 0.3 is 0 Å². The molecule has 0 radical (unpaired) electrons. The third-order valence-corrected chi connectivity index (χ3v) is 4.10. The molecule has 2 atom stereocenters. The second-order valence-electron chi connectivity index (χ2n) is 3.66. The molecular weight excluding hydrogens is 218 g/mol. The van der Waals surface area contributed by atoms with Crippen molar-refractivity contribution in [3.05, 3.63) is 21.3 Å². The van der Waals surface area contributed by atoms with Crippen LogP contribution in [0.4, 0.5) is 0 Å². The van der Waals surface area contributed by atoms with Gasteiger partial charge in [-0.1, -0.05) is 18.0 Å². The number of hydrogen-bond acceptors (Lipinski definition) is 3. The van der Waals surface area contributed by atoms with E-state index in [1.165, 1.54) is 11.3 Å². The first-order chi connectivity index (χ1) is 6.70. The summed E-state index contributed by atoms with van der Waals surface area (Å²) >= 11 is 7.32. The van der Waals surface area contributed by atoms with E-state index in [-0.39, 0.29) is 17.7 Å². The average molecular weight is 230 g/mol. The fourth-order valence-electron chi connectivity index (χ4n) is 1.95. The molecule has 1 heterocycles. The van der Waals surface area contributed by atoms with Gasteiger partial charge in [-0.2, -0.15) is 0 Å². The number of hydrogen-bond donors (Lipinski definition) is 1. The molecule has 1 aliphatic rings. The predicted octanol–water partition coefficient (Wildman–Crippen LogP) is 2.71. The van der Waals surface area contributed by atoms with Crippen molar-refractivity contribution < 1.29 is 4.79 Å². The Kier molecular flexibility index (Phi) is 2.91. The first kappa shape index (κ1) is 10.1. The fourth-order valence-corrected chi connectivity index (χ4v) is 3.11. The number of carbonyl (C=O) groups is 1. The number of ketones is 1. The summed E-state index contributed by atoms with van der Waals surface area (Å²) in [6.45, 7) is 0. The van der Waals surface area contributed by atoms with Crippen molar-refractivity contribution in [1.82, 2.24) is 0 Å². The van der Waals surface area contributed by atoms with Gasteiger partial charge < -0.3 is 5.73 Å². The highest BCUT2D eigenvalue weighted by atomic mass is 35.5. The molecule has 14 heavy (non-hydrogen) atoms. The molecule has 2 N–H and O–H groups in total. The lowest BCUT2D eigenvalue weighted by molar-refractivity contribution is 0.0918. The van der Waals surface area contributed by atoms with Gasteiger partial charge in [0.25, 0.3) is 0 Å². The normalized spacial score (nSPS) is 26.7. The van der Waals surface area contributed by atoms with Gasteiger partial charge in [-0.3, -0.25) is 4.79 Å². The molecule has 2 rings (SSSR count). The molecule has 0 aliphatic heterocycles. The Morgan fingerprint density at radius 2 is 2.36 bits per heavy atom. The van der Waals surface area contributed by atoms with E-state index < -0.39 is 0 Å². The predicted molar refractivity (Wildman–Crippen MR) is 59.0 cm³/mol. The smallest absolute Gasteiger partial charge is 0.178 e. The molecule has 0 spiro atoms. The number of halogens is 1. The lowest BCUT2D eigenvalue weighted by atomic mass is 9.98. The number of carbonyl (C=O) groups excluding carboxylic acids is 1. The van der Waals surface area contributed by atoms with E-state index in [1.54, 1.807) is 6.07 Å². The Labute approximate surface area is 92.1 Å². The van der Waals surface area contributed by atoms with Gasteiger partial charge in [0.2, 0.25) is 0 Å².